The Bertz CT molecular complexity index is 771. The third-order valence-corrected chi connectivity index (χ3v) is 4.94. The zero-order valence-corrected chi connectivity index (χ0v) is 16.7. The van der Waals surface area contributed by atoms with Crippen molar-refractivity contribution in [3.05, 3.63) is 24.0 Å². The summed E-state index contributed by atoms with van der Waals surface area (Å²) in [6, 6.07) is 3.28. The SMILES string of the molecule is CC1CCNC1.CCO/C=C/c1cc2c(cc1N)N1C(=NNC(=O)C1C)CO2. The molecule has 0 spiro atoms. The minimum absolute atomic E-state index is 0.157. The monoisotopic (exact) mass is 387 g/mol. The molecule has 1 fully saturated rings. The van der Waals surface area contributed by atoms with Crippen LogP contribution in [0.4, 0.5) is 11.4 Å². The van der Waals surface area contributed by atoms with E-state index in [1.807, 2.05) is 24.8 Å². The second kappa shape index (κ2) is 8.97. The van der Waals surface area contributed by atoms with Crippen molar-refractivity contribution in [3.8, 4) is 5.75 Å². The molecular formula is C20H29N5O3. The van der Waals surface area contributed by atoms with Crippen LogP contribution in [0.2, 0.25) is 0 Å². The van der Waals surface area contributed by atoms with Gasteiger partial charge in [0, 0.05) is 11.3 Å². The number of rotatable bonds is 3. The van der Waals surface area contributed by atoms with E-state index in [0.717, 1.165) is 17.2 Å². The first kappa shape index (κ1) is 20.0. The number of hydrazone groups is 1. The van der Waals surface area contributed by atoms with Crippen LogP contribution in [-0.4, -0.2) is 44.1 Å². The summed E-state index contributed by atoms with van der Waals surface area (Å²) in [5.74, 6) is 2.11. The topological polar surface area (TPSA) is 101 Å². The van der Waals surface area contributed by atoms with Crippen molar-refractivity contribution in [2.24, 2.45) is 11.0 Å². The second-order valence-electron chi connectivity index (χ2n) is 7.14. The summed E-state index contributed by atoms with van der Waals surface area (Å²) in [5.41, 5.74) is 10.7. The highest BCUT2D eigenvalue weighted by atomic mass is 16.5. The fourth-order valence-electron chi connectivity index (χ4n) is 3.26. The maximum Gasteiger partial charge on any atom is 0.262 e. The molecule has 0 aliphatic carbocycles. The number of benzene rings is 1. The molecule has 1 amide bonds. The molecule has 28 heavy (non-hydrogen) atoms. The first-order chi connectivity index (χ1) is 13.5. The minimum atomic E-state index is -0.362. The lowest BCUT2D eigenvalue weighted by Crippen LogP contribution is -2.55. The maximum absolute atomic E-state index is 11.8. The molecule has 4 N–H and O–H groups in total. The molecule has 3 aliphatic heterocycles. The molecular weight excluding hydrogens is 358 g/mol. The number of nitrogens with two attached hydrogens (primary N) is 1. The van der Waals surface area contributed by atoms with Crippen molar-refractivity contribution in [1.82, 2.24) is 10.7 Å². The Labute approximate surface area is 165 Å². The van der Waals surface area contributed by atoms with E-state index in [-0.39, 0.29) is 11.9 Å². The van der Waals surface area contributed by atoms with Gasteiger partial charge in [0.25, 0.3) is 5.91 Å². The average molecular weight is 387 g/mol. The van der Waals surface area contributed by atoms with Crippen LogP contribution in [0, 0.1) is 5.92 Å². The number of amides is 1. The Morgan fingerprint density at radius 3 is 2.89 bits per heavy atom. The van der Waals surface area contributed by atoms with Crippen LogP contribution >= 0.6 is 0 Å². The van der Waals surface area contributed by atoms with E-state index in [1.165, 1.54) is 19.5 Å². The van der Waals surface area contributed by atoms with Gasteiger partial charge in [-0.25, -0.2) is 5.43 Å². The fourth-order valence-corrected chi connectivity index (χ4v) is 3.26. The van der Waals surface area contributed by atoms with Gasteiger partial charge in [-0.05, 0) is 57.5 Å². The minimum Gasteiger partial charge on any atom is -0.501 e. The maximum atomic E-state index is 11.8. The third-order valence-electron chi connectivity index (χ3n) is 4.94. The van der Waals surface area contributed by atoms with Gasteiger partial charge >= 0.3 is 0 Å². The lowest BCUT2D eigenvalue weighted by molar-refractivity contribution is -0.122. The number of amidine groups is 1. The molecule has 1 saturated heterocycles. The van der Waals surface area contributed by atoms with E-state index in [1.54, 1.807) is 18.4 Å². The summed E-state index contributed by atoms with van der Waals surface area (Å²) in [6.07, 6.45) is 4.77. The molecule has 0 radical (unpaired) electrons. The highest BCUT2D eigenvalue weighted by molar-refractivity contribution is 6.09. The summed E-state index contributed by atoms with van der Waals surface area (Å²) in [5, 5.41) is 7.31. The molecule has 2 atom stereocenters. The average Bonchev–Trinajstić information content (AvgIpc) is 3.16. The van der Waals surface area contributed by atoms with Gasteiger partial charge in [0.2, 0.25) is 0 Å². The molecule has 0 bridgehead atoms. The Morgan fingerprint density at radius 1 is 1.43 bits per heavy atom. The van der Waals surface area contributed by atoms with Gasteiger partial charge in [0.1, 0.15) is 18.4 Å². The Balaban J connectivity index is 0.000000320. The molecule has 3 aliphatic rings. The number of nitrogen functional groups attached to an aromatic ring is 1. The largest absolute Gasteiger partial charge is 0.501 e. The van der Waals surface area contributed by atoms with E-state index >= 15 is 0 Å². The smallest absolute Gasteiger partial charge is 0.262 e. The van der Waals surface area contributed by atoms with Crippen molar-refractivity contribution < 1.29 is 14.3 Å². The van der Waals surface area contributed by atoms with Crippen LogP contribution in [0.1, 0.15) is 32.8 Å². The molecule has 4 rings (SSSR count). The summed E-state index contributed by atoms with van der Waals surface area (Å²) >= 11 is 0. The molecule has 3 heterocycles. The van der Waals surface area contributed by atoms with Crippen LogP contribution < -0.4 is 26.1 Å². The Hall–Kier alpha value is -2.74. The zero-order chi connectivity index (χ0) is 20.1. The second-order valence-corrected chi connectivity index (χ2v) is 7.14. The third kappa shape index (κ3) is 4.39. The van der Waals surface area contributed by atoms with Crippen LogP contribution in [-0.2, 0) is 9.53 Å². The van der Waals surface area contributed by atoms with Gasteiger partial charge in [-0.1, -0.05) is 6.92 Å². The number of hydrogen-bond donors (Lipinski definition) is 3. The first-order valence-electron chi connectivity index (χ1n) is 9.72. The molecule has 0 aromatic heterocycles. The molecule has 8 nitrogen and oxygen atoms in total. The molecule has 8 heteroatoms. The first-order valence-corrected chi connectivity index (χ1v) is 9.72. The highest BCUT2D eigenvalue weighted by Gasteiger charge is 2.35. The molecule has 1 aromatic rings. The Morgan fingerprint density at radius 2 is 2.25 bits per heavy atom. The molecule has 0 saturated carbocycles. The number of carbonyl (C=O) groups is 1. The van der Waals surface area contributed by atoms with Gasteiger partial charge < -0.3 is 25.4 Å². The van der Waals surface area contributed by atoms with Gasteiger partial charge in [-0.15, -0.1) is 0 Å². The number of nitrogens with one attached hydrogen (secondary N) is 2. The van der Waals surface area contributed by atoms with E-state index < -0.39 is 0 Å². The lowest BCUT2D eigenvalue weighted by Gasteiger charge is -2.38. The number of hydrogen-bond acceptors (Lipinski definition) is 7. The van der Waals surface area contributed by atoms with Crippen molar-refractivity contribution in [3.63, 3.8) is 0 Å². The number of anilines is 2. The van der Waals surface area contributed by atoms with Gasteiger partial charge in [0.15, 0.2) is 5.84 Å². The summed E-state index contributed by atoms with van der Waals surface area (Å²) in [4.78, 5) is 13.7. The number of ether oxygens (including phenoxy) is 2. The summed E-state index contributed by atoms with van der Waals surface area (Å²) in [7, 11) is 0. The summed E-state index contributed by atoms with van der Waals surface area (Å²) in [6.45, 7) is 9.38. The summed E-state index contributed by atoms with van der Waals surface area (Å²) < 4.78 is 10.9. The van der Waals surface area contributed by atoms with Gasteiger partial charge in [-0.3, -0.25) is 4.79 Å². The standard InChI is InChI=1S/C15H18N4O3.C5H11N/c1-3-21-5-4-10-6-13-12(7-11(10)16)19-9(2)15(20)18-17-14(19)8-22-13;1-5-2-3-6-4-5/h4-7,9H,3,8,16H2,1-2H3,(H,18,20);5-6H,2-4H2,1H3/b5-4+;. The van der Waals surface area contributed by atoms with Crippen molar-refractivity contribution in [2.75, 3.05) is 36.9 Å². The molecule has 152 valence electrons. The quantitative estimate of drug-likeness (QED) is 0.541. The normalized spacial score (nSPS) is 23.0. The van der Waals surface area contributed by atoms with Crippen LogP contribution in [0.15, 0.2) is 23.5 Å². The number of fused-ring (bicyclic) bond motifs is 3. The van der Waals surface area contributed by atoms with E-state index in [9.17, 15) is 4.79 Å². The lowest BCUT2D eigenvalue weighted by atomic mass is 10.1. The number of nitrogens with zero attached hydrogens (tertiary/aromatic N) is 2. The molecule has 2 unspecified atom stereocenters. The fraction of sp³-hybridized carbons (Fsp3) is 0.500. The van der Waals surface area contributed by atoms with Crippen LogP contribution in [0.3, 0.4) is 0 Å². The molecule has 1 aromatic carbocycles. The van der Waals surface area contributed by atoms with E-state index in [0.29, 0.717) is 30.5 Å². The number of carbonyl (C=O) groups excluding carboxylic acids is 1. The zero-order valence-electron chi connectivity index (χ0n) is 16.7. The van der Waals surface area contributed by atoms with Gasteiger partial charge in [-0.2, -0.15) is 5.10 Å². The van der Waals surface area contributed by atoms with Crippen LogP contribution in [0.5, 0.6) is 5.75 Å². The Kier molecular flexibility index (Phi) is 6.41. The van der Waals surface area contributed by atoms with Crippen molar-refractivity contribution in [2.45, 2.75) is 33.2 Å². The predicted molar refractivity (Wildman–Crippen MR) is 111 cm³/mol. The van der Waals surface area contributed by atoms with Gasteiger partial charge in [0.05, 0.1) is 18.6 Å². The van der Waals surface area contributed by atoms with Crippen molar-refractivity contribution >= 4 is 29.2 Å². The van der Waals surface area contributed by atoms with E-state index in [4.69, 9.17) is 15.2 Å². The van der Waals surface area contributed by atoms with Crippen LogP contribution in [0.25, 0.3) is 6.08 Å². The van der Waals surface area contributed by atoms with Crippen molar-refractivity contribution in [1.29, 1.82) is 0 Å². The van der Waals surface area contributed by atoms with E-state index in [2.05, 4.69) is 22.8 Å². The predicted octanol–water partition coefficient (Wildman–Crippen LogP) is 1.92. The highest BCUT2D eigenvalue weighted by Crippen LogP contribution is 2.38.